The van der Waals surface area contributed by atoms with Gasteiger partial charge in [0, 0.05) is 12.1 Å². The summed E-state index contributed by atoms with van der Waals surface area (Å²) in [5.74, 6) is 0. The average molecular weight is 208 g/mol. The zero-order valence-electron chi connectivity index (χ0n) is 8.30. The molecule has 3 N–H and O–H groups in total. The summed E-state index contributed by atoms with van der Waals surface area (Å²) >= 11 is 0. The lowest BCUT2D eigenvalue weighted by Gasteiger charge is -2.06. The normalized spacial score (nSPS) is 13.0. The summed E-state index contributed by atoms with van der Waals surface area (Å²) in [4.78, 5) is 4.10. The first-order chi connectivity index (χ1) is 7.26. The van der Waals surface area contributed by atoms with Crippen molar-refractivity contribution in [3.05, 3.63) is 23.8 Å². The Bertz CT molecular complexity index is 467. The summed E-state index contributed by atoms with van der Waals surface area (Å²) in [6.45, 7) is 0.147. The molecular weight excluding hydrogens is 196 g/mol. The summed E-state index contributed by atoms with van der Waals surface area (Å²) in [5.41, 5.74) is 7.22. The van der Waals surface area contributed by atoms with Crippen molar-refractivity contribution < 1.29 is 14.3 Å². The predicted octanol–water partition coefficient (Wildman–Crippen LogP) is 0.829. The van der Waals surface area contributed by atoms with Crippen LogP contribution in [0.25, 0.3) is 11.1 Å². The molecule has 2 rings (SSSR count). The molecule has 0 saturated heterocycles. The lowest BCUT2D eigenvalue weighted by Crippen LogP contribution is -2.11. The van der Waals surface area contributed by atoms with Crippen LogP contribution in [0, 0.1) is 0 Å². The summed E-state index contributed by atoms with van der Waals surface area (Å²) in [5, 5.41) is 9.66. The number of hydrogen-bond donors (Lipinski definition) is 2. The number of benzene rings is 1. The number of oxazole rings is 1. The molecule has 1 heterocycles. The van der Waals surface area contributed by atoms with E-state index in [1.165, 1.54) is 7.11 Å². The molecule has 0 bridgehead atoms. The van der Waals surface area contributed by atoms with E-state index < -0.39 is 6.10 Å². The maximum atomic E-state index is 9.66. The first-order valence-electron chi connectivity index (χ1n) is 4.58. The summed E-state index contributed by atoms with van der Waals surface area (Å²) in [6, 6.07) is 5.31. The largest absolute Gasteiger partial charge is 0.453 e. The van der Waals surface area contributed by atoms with E-state index in [1.807, 2.05) is 0 Å². The van der Waals surface area contributed by atoms with E-state index in [-0.39, 0.29) is 12.6 Å². The topological polar surface area (TPSA) is 81.5 Å². The Kier molecular flexibility index (Phi) is 2.57. The highest BCUT2D eigenvalue weighted by atomic mass is 16.6. The number of aliphatic hydroxyl groups excluding tert-OH is 1. The van der Waals surface area contributed by atoms with Gasteiger partial charge < -0.3 is 20.0 Å². The fourth-order valence-electron chi connectivity index (χ4n) is 1.43. The second-order valence-corrected chi connectivity index (χ2v) is 3.13. The number of methoxy groups -OCH3 is 1. The third-order valence-corrected chi connectivity index (χ3v) is 2.19. The predicted molar refractivity (Wildman–Crippen MR) is 54.6 cm³/mol. The summed E-state index contributed by atoms with van der Waals surface area (Å²) < 4.78 is 10.1. The van der Waals surface area contributed by atoms with E-state index in [4.69, 9.17) is 14.9 Å². The van der Waals surface area contributed by atoms with Crippen LogP contribution in [0.1, 0.15) is 11.7 Å². The highest BCUT2D eigenvalue weighted by Crippen LogP contribution is 2.26. The number of nitrogens with zero attached hydrogens (tertiary/aromatic N) is 1. The number of rotatable bonds is 3. The minimum absolute atomic E-state index is 0.147. The van der Waals surface area contributed by atoms with Crippen LogP contribution in [0.15, 0.2) is 22.6 Å². The van der Waals surface area contributed by atoms with Crippen LogP contribution >= 0.6 is 0 Å². The van der Waals surface area contributed by atoms with Gasteiger partial charge in [-0.15, -0.1) is 0 Å². The SMILES string of the molecule is COc1nc2c(C(O)CN)cccc2o1. The molecular formula is C10H12N2O3. The van der Waals surface area contributed by atoms with E-state index in [9.17, 15) is 5.11 Å². The molecule has 0 aliphatic rings. The van der Waals surface area contributed by atoms with Gasteiger partial charge in [0.25, 0.3) is 0 Å². The van der Waals surface area contributed by atoms with Gasteiger partial charge >= 0.3 is 6.08 Å². The second kappa shape index (κ2) is 3.88. The molecule has 0 aliphatic heterocycles. The van der Waals surface area contributed by atoms with Gasteiger partial charge in [0.2, 0.25) is 0 Å². The van der Waals surface area contributed by atoms with Crippen molar-refractivity contribution in [3.63, 3.8) is 0 Å². The van der Waals surface area contributed by atoms with Gasteiger partial charge in [-0.05, 0) is 6.07 Å². The average Bonchev–Trinajstić information content (AvgIpc) is 2.70. The van der Waals surface area contributed by atoms with Gasteiger partial charge in [0.15, 0.2) is 5.58 Å². The molecule has 0 aliphatic carbocycles. The van der Waals surface area contributed by atoms with E-state index in [2.05, 4.69) is 4.98 Å². The zero-order valence-corrected chi connectivity index (χ0v) is 8.30. The highest BCUT2D eigenvalue weighted by molar-refractivity contribution is 5.77. The van der Waals surface area contributed by atoms with E-state index in [1.54, 1.807) is 18.2 Å². The first kappa shape index (κ1) is 9.95. The number of nitrogens with two attached hydrogens (primary N) is 1. The van der Waals surface area contributed by atoms with Crippen LogP contribution < -0.4 is 10.5 Å². The Morgan fingerprint density at radius 3 is 3.07 bits per heavy atom. The van der Waals surface area contributed by atoms with E-state index in [0.717, 1.165) is 0 Å². The second-order valence-electron chi connectivity index (χ2n) is 3.13. The number of aromatic nitrogens is 1. The van der Waals surface area contributed by atoms with Gasteiger partial charge in [-0.2, -0.15) is 4.98 Å². The van der Waals surface area contributed by atoms with Crippen molar-refractivity contribution in [2.45, 2.75) is 6.10 Å². The van der Waals surface area contributed by atoms with Gasteiger partial charge in [0.05, 0.1) is 13.2 Å². The molecule has 15 heavy (non-hydrogen) atoms. The van der Waals surface area contributed by atoms with Crippen LogP contribution in [0.5, 0.6) is 6.08 Å². The van der Waals surface area contributed by atoms with Gasteiger partial charge in [-0.25, -0.2) is 0 Å². The Balaban J connectivity index is 2.59. The van der Waals surface area contributed by atoms with Gasteiger partial charge in [-0.1, -0.05) is 12.1 Å². The third kappa shape index (κ3) is 1.67. The van der Waals surface area contributed by atoms with E-state index in [0.29, 0.717) is 16.7 Å². The minimum Gasteiger partial charge on any atom is -0.453 e. The Morgan fingerprint density at radius 1 is 1.60 bits per heavy atom. The number of hydrogen-bond acceptors (Lipinski definition) is 5. The lowest BCUT2D eigenvalue weighted by molar-refractivity contribution is 0.188. The first-order valence-corrected chi connectivity index (χ1v) is 4.58. The van der Waals surface area contributed by atoms with Crippen LogP contribution in [-0.4, -0.2) is 23.7 Å². The molecule has 1 atom stereocenters. The molecule has 0 spiro atoms. The van der Waals surface area contributed by atoms with Crippen molar-refractivity contribution in [2.75, 3.05) is 13.7 Å². The Labute approximate surface area is 86.5 Å². The number of ether oxygens (including phenoxy) is 1. The van der Waals surface area contributed by atoms with Crippen molar-refractivity contribution in [3.8, 4) is 6.08 Å². The van der Waals surface area contributed by atoms with Gasteiger partial charge in [0.1, 0.15) is 5.52 Å². The Hall–Kier alpha value is -1.59. The third-order valence-electron chi connectivity index (χ3n) is 2.19. The fraction of sp³-hybridized carbons (Fsp3) is 0.300. The molecule has 5 nitrogen and oxygen atoms in total. The number of fused-ring (bicyclic) bond motifs is 1. The Morgan fingerprint density at radius 2 is 2.40 bits per heavy atom. The van der Waals surface area contributed by atoms with Crippen molar-refractivity contribution in [1.29, 1.82) is 0 Å². The van der Waals surface area contributed by atoms with Crippen molar-refractivity contribution in [1.82, 2.24) is 4.98 Å². The number of aliphatic hydroxyl groups is 1. The standard InChI is InChI=1S/C10H12N2O3/c1-14-10-12-9-6(7(13)5-11)3-2-4-8(9)15-10/h2-4,7,13H,5,11H2,1H3. The minimum atomic E-state index is -0.733. The van der Waals surface area contributed by atoms with E-state index >= 15 is 0 Å². The monoisotopic (exact) mass is 208 g/mol. The lowest BCUT2D eigenvalue weighted by atomic mass is 10.1. The maximum Gasteiger partial charge on any atom is 0.394 e. The molecule has 2 aromatic rings. The molecule has 0 fully saturated rings. The van der Waals surface area contributed by atoms with Crippen LogP contribution in [0.2, 0.25) is 0 Å². The number of para-hydroxylation sites is 1. The summed E-state index contributed by atoms with van der Waals surface area (Å²) in [6.07, 6.45) is -0.551. The molecule has 0 saturated carbocycles. The molecule has 0 amide bonds. The van der Waals surface area contributed by atoms with Gasteiger partial charge in [-0.3, -0.25) is 0 Å². The molecule has 80 valence electrons. The van der Waals surface area contributed by atoms with Crippen molar-refractivity contribution in [2.24, 2.45) is 5.73 Å². The molecule has 1 aromatic heterocycles. The van der Waals surface area contributed by atoms with Crippen molar-refractivity contribution >= 4 is 11.1 Å². The van der Waals surface area contributed by atoms with Crippen LogP contribution in [0.3, 0.4) is 0 Å². The molecule has 5 heteroatoms. The quantitative estimate of drug-likeness (QED) is 0.780. The molecule has 0 radical (unpaired) electrons. The zero-order chi connectivity index (χ0) is 10.8. The fourth-order valence-corrected chi connectivity index (χ4v) is 1.43. The van der Waals surface area contributed by atoms with Crippen LogP contribution in [0.4, 0.5) is 0 Å². The summed E-state index contributed by atoms with van der Waals surface area (Å²) in [7, 11) is 1.48. The maximum absolute atomic E-state index is 9.66. The highest BCUT2D eigenvalue weighted by Gasteiger charge is 2.14. The van der Waals surface area contributed by atoms with Crippen LogP contribution in [-0.2, 0) is 0 Å². The molecule has 1 aromatic carbocycles. The smallest absolute Gasteiger partial charge is 0.394 e. The molecule has 1 unspecified atom stereocenters.